The van der Waals surface area contributed by atoms with Crippen LogP contribution < -0.4 is 5.73 Å². The number of aromatic nitrogens is 3. The first-order valence-corrected chi connectivity index (χ1v) is 6.95. The molecule has 0 radical (unpaired) electrons. The highest BCUT2D eigenvalue weighted by molar-refractivity contribution is 6.31. The monoisotopic (exact) mass is 298 g/mol. The Hall–Kier alpha value is -2.33. The predicted octanol–water partition coefficient (Wildman–Crippen LogP) is 3.69. The molecule has 0 saturated heterocycles. The van der Waals surface area contributed by atoms with Crippen LogP contribution >= 0.6 is 11.6 Å². The van der Waals surface area contributed by atoms with Crippen molar-refractivity contribution in [1.82, 2.24) is 14.8 Å². The van der Waals surface area contributed by atoms with Crippen LogP contribution in [0.25, 0.3) is 22.4 Å². The molecular weight excluding hydrogens is 284 g/mol. The van der Waals surface area contributed by atoms with Crippen LogP contribution in [0, 0.1) is 6.92 Å². The van der Waals surface area contributed by atoms with Crippen LogP contribution in [-0.4, -0.2) is 14.8 Å². The highest BCUT2D eigenvalue weighted by atomic mass is 35.5. The lowest BCUT2D eigenvalue weighted by Crippen LogP contribution is -1.97. The predicted molar refractivity (Wildman–Crippen MR) is 86.0 cm³/mol. The maximum Gasteiger partial charge on any atom is 0.129 e. The molecule has 0 unspecified atom stereocenters. The largest absolute Gasteiger partial charge is 0.383 e. The third kappa shape index (κ3) is 2.38. The standard InChI is InChI=1S/C16H15ClN4/c1-10-3-4-12(9-13(10)17)15-14(16(18)21(2)20-15)11-5-7-19-8-6-11/h3-9H,18H2,1-2H3. The maximum absolute atomic E-state index is 6.23. The van der Waals surface area contributed by atoms with Gasteiger partial charge in [-0.05, 0) is 36.2 Å². The van der Waals surface area contributed by atoms with E-state index in [1.165, 1.54) is 0 Å². The number of hydrogen-bond acceptors (Lipinski definition) is 3. The molecule has 2 N–H and O–H groups in total. The number of nitrogens with two attached hydrogens (primary N) is 1. The van der Waals surface area contributed by atoms with E-state index in [2.05, 4.69) is 10.1 Å². The fourth-order valence-electron chi connectivity index (χ4n) is 2.28. The molecule has 0 saturated carbocycles. The van der Waals surface area contributed by atoms with Crippen LogP contribution in [-0.2, 0) is 7.05 Å². The van der Waals surface area contributed by atoms with E-state index >= 15 is 0 Å². The lowest BCUT2D eigenvalue weighted by Gasteiger charge is -2.05. The van der Waals surface area contributed by atoms with Crippen LogP contribution in [0.1, 0.15) is 5.56 Å². The number of aryl methyl sites for hydroxylation is 2. The van der Waals surface area contributed by atoms with E-state index in [0.717, 1.165) is 33.0 Å². The highest BCUT2D eigenvalue weighted by Crippen LogP contribution is 2.36. The third-order valence-electron chi connectivity index (χ3n) is 3.51. The first-order chi connectivity index (χ1) is 10.1. The second kappa shape index (κ2) is 5.22. The van der Waals surface area contributed by atoms with E-state index in [-0.39, 0.29) is 0 Å². The topological polar surface area (TPSA) is 56.7 Å². The SMILES string of the molecule is Cc1ccc(-c2nn(C)c(N)c2-c2ccncc2)cc1Cl. The molecule has 0 amide bonds. The summed E-state index contributed by atoms with van der Waals surface area (Å²) in [4.78, 5) is 4.05. The summed E-state index contributed by atoms with van der Waals surface area (Å²) in [6.45, 7) is 1.97. The van der Waals surface area contributed by atoms with Gasteiger partial charge in [-0.25, -0.2) is 0 Å². The van der Waals surface area contributed by atoms with Gasteiger partial charge in [-0.3, -0.25) is 9.67 Å². The number of rotatable bonds is 2. The molecule has 3 aromatic rings. The van der Waals surface area contributed by atoms with Crippen molar-refractivity contribution in [3.8, 4) is 22.4 Å². The van der Waals surface area contributed by atoms with Crippen LogP contribution in [0.3, 0.4) is 0 Å². The summed E-state index contributed by atoms with van der Waals surface area (Å²) in [5.74, 6) is 0.618. The number of nitrogen functional groups attached to an aromatic ring is 1. The van der Waals surface area contributed by atoms with Crippen LogP contribution in [0.2, 0.25) is 5.02 Å². The van der Waals surface area contributed by atoms with Crippen LogP contribution in [0.5, 0.6) is 0 Å². The Morgan fingerprint density at radius 3 is 2.48 bits per heavy atom. The normalized spacial score (nSPS) is 10.8. The van der Waals surface area contributed by atoms with Gasteiger partial charge < -0.3 is 5.73 Å². The Labute approximate surface area is 128 Å². The summed E-state index contributed by atoms with van der Waals surface area (Å²) >= 11 is 6.23. The van der Waals surface area contributed by atoms with E-state index in [4.69, 9.17) is 17.3 Å². The summed E-state index contributed by atoms with van der Waals surface area (Å²) in [6, 6.07) is 9.76. The summed E-state index contributed by atoms with van der Waals surface area (Å²) in [5, 5.41) is 5.26. The van der Waals surface area contributed by atoms with Crippen molar-refractivity contribution >= 4 is 17.4 Å². The average Bonchev–Trinajstić information content (AvgIpc) is 2.79. The Kier molecular flexibility index (Phi) is 3.39. The molecule has 3 rings (SSSR count). The van der Waals surface area contributed by atoms with E-state index in [1.807, 2.05) is 44.3 Å². The number of nitrogens with zero attached hydrogens (tertiary/aromatic N) is 3. The van der Waals surface area contributed by atoms with Crippen molar-refractivity contribution in [2.75, 3.05) is 5.73 Å². The molecule has 4 nitrogen and oxygen atoms in total. The second-order valence-electron chi connectivity index (χ2n) is 4.93. The van der Waals surface area contributed by atoms with Gasteiger partial charge in [0.1, 0.15) is 11.5 Å². The molecule has 5 heteroatoms. The van der Waals surface area contributed by atoms with Crippen molar-refractivity contribution in [3.05, 3.63) is 53.3 Å². The van der Waals surface area contributed by atoms with Gasteiger partial charge >= 0.3 is 0 Å². The van der Waals surface area contributed by atoms with Crippen molar-refractivity contribution in [3.63, 3.8) is 0 Å². The van der Waals surface area contributed by atoms with Crippen LogP contribution in [0.15, 0.2) is 42.7 Å². The van der Waals surface area contributed by atoms with Gasteiger partial charge in [0, 0.05) is 30.0 Å². The summed E-state index contributed by atoms with van der Waals surface area (Å²) in [7, 11) is 1.83. The molecule has 0 aliphatic heterocycles. The molecule has 21 heavy (non-hydrogen) atoms. The summed E-state index contributed by atoms with van der Waals surface area (Å²) in [6.07, 6.45) is 3.49. The van der Waals surface area contributed by atoms with Gasteiger partial charge in [-0.1, -0.05) is 23.7 Å². The number of benzene rings is 1. The second-order valence-corrected chi connectivity index (χ2v) is 5.34. The molecule has 0 bridgehead atoms. The average molecular weight is 299 g/mol. The van der Waals surface area contributed by atoms with Crippen molar-refractivity contribution < 1.29 is 0 Å². The summed E-state index contributed by atoms with van der Waals surface area (Å²) in [5.41, 5.74) is 10.9. The molecule has 0 atom stereocenters. The van der Waals surface area contributed by atoms with Gasteiger partial charge in [-0.15, -0.1) is 0 Å². The Morgan fingerprint density at radius 1 is 1.10 bits per heavy atom. The Bertz CT molecular complexity index is 794. The van der Waals surface area contributed by atoms with E-state index in [9.17, 15) is 0 Å². The number of anilines is 1. The molecule has 0 aliphatic carbocycles. The number of pyridine rings is 1. The van der Waals surface area contributed by atoms with Crippen LogP contribution in [0.4, 0.5) is 5.82 Å². The molecule has 0 aliphatic rings. The van der Waals surface area contributed by atoms with E-state index in [0.29, 0.717) is 5.82 Å². The van der Waals surface area contributed by atoms with Gasteiger partial charge in [0.15, 0.2) is 0 Å². The Balaban J connectivity index is 2.24. The molecule has 0 spiro atoms. The minimum Gasteiger partial charge on any atom is -0.383 e. The van der Waals surface area contributed by atoms with Crippen molar-refractivity contribution in [2.24, 2.45) is 7.05 Å². The van der Waals surface area contributed by atoms with E-state index in [1.54, 1.807) is 17.1 Å². The molecule has 0 fully saturated rings. The lowest BCUT2D eigenvalue weighted by molar-refractivity contribution is 0.782. The first kappa shape index (κ1) is 13.6. The number of hydrogen-bond donors (Lipinski definition) is 1. The zero-order valence-electron chi connectivity index (χ0n) is 11.8. The smallest absolute Gasteiger partial charge is 0.129 e. The van der Waals surface area contributed by atoms with E-state index < -0.39 is 0 Å². The molecular formula is C16H15ClN4. The van der Waals surface area contributed by atoms with Gasteiger partial charge in [0.2, 0.25) is 0 Å². The quantitative estimate of drug-likeness (QED) is 0.785. The van der Waals surface area contributed by atoms with Gasteiger partial charge in [0.25, 0.3) is 0 Å². The molecule has 1 aromatic carbocycles. The maximum atomic E-state index is 6.23. The lowest BCUT2D eigenvalue weighted by atomic mass is 10.0. The van der Waals surface area contributed by atoms with Gasteiger partial charge in [-0.2, -0.15) is 5.10 Å². The highest BCUT2D eigenvalue weighted by Gasteiger charge is 2.17. The van der Waals surface area contributed by atoms with Gasteiger partial charge in [0.05, 0.1) is 5.56 Å². The third-order valence-corrected chi connectivity index (χ3v) is 3.91. The van der Waals surface area contributed by atoms with Crippen molar-refractivity contribution in [1.29, 1.82) is 0 Å². The molecule has 106 valence electrons. The first-order valence-electron chi connectivity index (χ1n) is 6.57. The molecule has 2 aromatic heterocycles. The Morgan fingerprint density at radius 2 is 1.81 bits per heavy atom. The fraction of sp³-hybridized carbons (Fsp3) is 0.125. The minimum atomic E-state index is 0.618. The zero-order chi connectivity index (χ0) is 15.0. The minimum absolute atomic E-state index is 0.618. The molecule has 2 heterocycles. The fourth-order valence-corrected chi connectivity index (χ4v) is 2.46. The van der Waals surface area contributed by atoms with Crippen molar-refractivity contribution in [2.45, 2.75) is 6.92 Å². The zero-order valence-corrected chi connectivity index (χ0v) is 12.6. The summed E-state index contributed by atoms with van der Waals surface area (Å²) < 4.78 is 1.68. The number of halogens is 1.